The Morgan fingerprint density at radius 1 is 0.909 bits per heavy atom. The quantitative estimate of drug-likeness (QED) is 0.809. The second-order valence-corrected chi connectivity index (χ2v) is 5.38. The minimum Gasteiger partial charge on any atom is -0.335 e. The highest BCUT2D eigenvalue weighted by molar-refractivity contribution is 6.27. The van der Waals surface area contributed by atoms with Crippen molar-refractivity contribution in [2.45, 2.75) is 5.85 Å². The van der Waals surface area contributed by atoms with Gasteiger partial charge in [-0.15, -0.1) is 0 Å². The van der Waals surface area contributed by atoms with E-state index in [2.05, 4.69) is 0 Å². The molecule has 2 aromatic rings. The molecule has 4 rings (SSSR count). The number of methoxy groups -OCH3 is 1. The zero-order chi connectivity index (χ0) is 15.5. The zero-order valence-corrected chi connectivity index (χ0v) is 12.2. The molecule has 2 aromatic carbocycles. The van der Waals surface area contributed by atoms with Crippen LogP contribution in [0, 0.1) is 0 Å². The Morgan fingerprint density at radius 2 is 1.50 bits per heavy atom. The summed E-state index contributed by atoms with van der Waals surface area (Å²) in [6, 6.07) is 14.3. The molecule has 0 N–H and O–H groups in total. The van der Waals surface area contributed by atoms with Gasteiger partial charge >= 0.3 is 0 Å². The molecule has 0 bridgehead atoms. The highest BCUT2D eigenvalue weighted by Crippen LogP contribution is 2.48. The summed E-state index contributed by atoms with van der Waals surface area (Å²) in [4.78, 5) is 29.3. The number of ether oxygens (including phenoxy) is 1. The Kier molecular flexibility index (Phi) is 2.47. The molecule has 0 saturated carbocycles. The van der Waals surface area contributed by atoms with E-state index in [1.807, 2.05) is 24.3 Å². The van der Waals surface area contributed by atoms with Gasteiger partial charge in [-0.1, -0.05) is 30.3 Å². The summed E-state index contributed by atoms with van der Waals surface area (Å²) < 4.78 is 5.62. The van der Waals surface area contributed by atoms with Gasteiger partial charge in [0.1, 0.15) is 0 Å². The third-order valence-corrected chi connectivity index (χ3v) is 4.43. The van der Waals surface area contributed by atoms with Crippen LogP contribution in [-0.4, -0.2) is 31.7 Å². The van der Waals surface area contributed by atoms with Gasteiger partial charge in [0.25, 0.3) is 11.8 Å². The number of nitrogens with zero attached hydrogens (tertiary/aromatic N) is 2. The summed E-state index contributed by atoms with van der Waals surface area (Å²) in [5.74, 6) is -1.91. The number of benzene rings is 2. The fourth-order valence-corrected chi connectivity index (χ4v) is 3.40. The maximum atomic E-state index is 13.1. The molecular weight excluding hydrogens is 280 g/mol. The predicted molar refractivity (Wildman–Crippen MR) is 82.2 cm³/mol. The summed E-state index contributed by atoms with van der Waals surface area (Å²) in [5, 5.41) is 0. The van der Waals surface area contributed by atoms with Crippen LogP contribution in [-0.2, 0) is 4.74 Å². The van der Waals surface area contributed by atoms with Crippen LogP contribution in [0.2, 0.25) is 0 Å². The van der Waals surface area contributed by atoms with Crippen molar-refractivity contribution < 1.29 is 14.3 Å². The van der Waals surface area contributed by atoms with E-state index in [0.29, 0.717) is 16.8 Å². The van der Waals surface area contributed by atoms with Crippen LogP contribution in [0.15, 0.2) is 48.5 Å². The van der Waals surface area contributed by atoms with Gasteiger partial charge in [0.15, 0.2) is 0 Å². The van der Waals surface area contributed by atoms with Crippen molar-refractivity contribution in [3.05, 3.63) is 59.7 Å². The van der Waals surface area contributed by atoms with Crippen molar-refractivity contribution in [2.75, 3.05) is 24.0 Å². The molecule has 1 unspecified atom stereocenters. The Labute approximate surface area is 127 Å². The average molecular weight is 294 g/mol. The normalized spacial score (nSPS) is 22.5. The SMILES string of the molecule is COC12C(=O)c3ccccc3C(=O)N1c1ccccc1N2C. The lowest BCUT2D eigenvalue weighted by Crippen LogP contribution is -2.67. The standard InChI is InChI=1S/C17H14N2O3/c1-18-13-9-5-6-10-14(13)19-16(21)12-8-4-3-7-11(12)15(20)17(18,19)22-2/h3-10H,1-2H3. The van der Waals surface area contributed by atoms with Crippen LogP contribution < -0.4 is 9.80 Å². The monoisotopic (exact) mass is 294 g/mol. The van der Waals surface area contributed by atoms with Gasteiger partial charge in [0.05, 0.1) is 16.9 Å². The zero-order valence-electron chi connectivity index (χ0n) is 12.2. The van der Waals surface area contributed by atoms with Gasteiger partial charge in [0.2, 0.25) is 5.78 Å². The van der Waals surface area contributed by atoms with E-state index in [-0.39, 0.29) is 11.7 Å². The van der Waals surface area contributed by atoms with Gasteiger partial charge in [-0.25, -0.2) is 0 Å². The van der Waals surface area contributed by atoms with E-state index < -0.39 is 5.85 Å². The molecule has 1 atom stereocenters. The van der Waals surface area contributed by atoms with E-state index in [1.165, 1.54) is 12.0 Å². The number of ketones is 1. The van der Waals surface area contributed by atoms with Crippen LogP contribution in [0.25, 0.3) is 0 Å². The topological polar surface area (TPSA) is 49.9 Å². The number of para-hydroxylation sites is 2. The predicted octanol–water partition coefficient (Wildman–Crippen LogP) is 2.28. The molecule has 0 fully saturated rings. The Morgan fingerprint density at radius 3 is 2.18 bits per heavy atom. The van der Waals surface area contributed by atoms with Crippen molar-refractivity contribution in [1.29, 1.82) is 0 Å². The molecule has 0 aromatic heterocycles. The van der Waals surface area contributed by atoms with E-state index >= 15 is 0 Å². The number of amides is 1. The summed E-state index contributed by atoms with van der Waals surface area (Å²) >= 11 is 0. The third kappa shape index (κ3) is 1.27. The second kappa shape index (κ2) is 4.18. The Hall–Kier alpha value is -2.66. The Balaban J connectivity index is 2.06. The number of hydrogen-bond donors (Lipinski definition) is 0. The van der Waals surface area contributed by atoms with Crippen molar-refractivity contribution >= 4 is 23.1 Å². The molecule has 22 heavy (non-hydrogen) atoms. The molecule has 110 valence electrons. The van der Waals surface area contributed by atoms with Crippen molar-refractivity contribution in [1.82, 2.24) is 0 Å². The molecule has 0 spiro atoms. The summed E-state index contributed by atoms with van der Waals surface area (Å²) in [6.07, 6.45) is 0. The van der Waals surface area contributed by atoms with E-state index in [9.17, 15) is 9.59 Å². The average Bonchev–Trinajstić information content (AvgIpc) is 2.83. The summed E-state index contributed by atoms with van der Waals surface area (Å²) in [7, 11) is 3.22. The highest BCUT2D eigenvalue weighted by atomic mass is 16.5. The lowest BCUT2D eigenvalue weighted by molar-refractivity contribution is 0.00338. The van der Waals surface area contributed by atoms with Gasteiger partial charge in [-0.2, -0.15) is 0 Å². The number of rotatable bonds is 1. The number of Topliss-reactive ketones (excluding diaryl/α,β-unsaturated/α-hetero) is 1. The number of likely N-dealkylation sites (N-methyl/N-ethyl adjacent to an activating group) is 1. The molecule has 2 heterocycles. The first-order valence-corrected chi connectivity index (χ1v) is 6.99. The molecule has 2 aliphatic heterocycles. The van der Waals surface area contributed by atoms with Crippen molar-refractivity contribution in [3.8, 4) is 0 Å². The molecule has 5 heteroatoms. The molecule has 0 saturated heterocycles. The fourth-order valence-electron chi connectivity index (χ4n) is 3.40. The number of anilines is 2. The minimum absolute atomic E-state index is 0.228. The summed E-state index contributed by atoms with van der Waals surface area (Å²) in [6.45, 7) is 0. The van der Waals surface area contributed by atoms with Crippen LogP contribution in [0.4, 0.5) is 11.4 Å². The van der Waals surface area contributed by atoms with Crippen molar-refractivity contribution in [2.24, 2.45) is 0 Å². The lowest BCUT2D eigenvalue weighted by atomic mass is 9.93. The minimum atomic E-state index is -1.45. The first kappa shape index (κ1) is 13.0. The number of carbonyl (C=O) groups excluding carboxylic acids is 2. The fraction of sp³-hybridized carbons (Fsp3) is 0.176. The largest absolute Gasteiger partial charge is 0.335 e. The number of fused-ring (bicyclic) bond motifs is 4. The maximum Gasteiger partial charge on any atom is 0.295 e. The second-order valence-electron chi connectivity index (χ2n) is 5.38. The van der Waals surface area contributed by atoms with Crippen molar-refractivity contribution in [3.63, 3.8) is 0 Å². The van der Waals surface area contributed by atoms with E-state index in [0.717, 1.165) is 5.69 Å². The molecule has 1 amide bonds. The van der Waals surface area contributed by atoms with Gasteiger partial charge in [-0.05, 0) is 18.2 Å². The van der Waals surface area contributed by atoms with Crippen LogP contribution >= 0.6 is 0 Å². The molecule has 5 nitrogen and oxygen atoms in total. The van der Waals surface area contributed by atoms with E-state index in [1.54, 1.807) is 36.2 Å². The van der Waals surface area contributed by atoms with Gasteiger partial charge < -0.3 is 9.64 Å². The van der Waals surface area contributed by atoms with Crippen LogP contribution in [0.1, 0.15) is 20.7 Å². The molecule has 0 radical (unpaired) electrons. The number of hydrogen-bond acceptors (Lipinski definition) is 4. The first-order valence-electron chi connectivity index (χ1n) is 6.99. The number of carbonyl (C=O) groups is 2. The van der Waals surface area contributed by atoms with Gasteiger partial charge in [0, 0.05) is 19.7 Å². The smallest absolute Gasteiger partial charge is 0.295 e. The third-order valence-electron chi connectivity index (χ3n) is 4.43. The summed E-state index contributed by atoms with van der Waals surface area (Å²) in [5.41, 5.74) is 2.27. The van der Waals surface area contributed by atoms with Crippen LogP contribution in [0.5, 0.6) is 0 Å². The maximum absolute atomic E-state index is 13.1. The molecule has 2 aliphatic rings. The lowest BCUT2D eigenvalue weighted by Gasteiger charge is -2.43. The first-order chi connectivity index (χ1) is 10.6. The van der Waals surface area contributed by atoms with Gasteiger partial charge in [-0.3, -0.25) is 14.5 Å². The van der Waals surface area contributed by atoms with Crippen LogP contribution in [0.3, 0.4) is 0 Å². The van der Waals surface area contributed by atoms with E-state index in [4.69, 9.17) is 4.74 Å². The molecule has 0 aliphatic carbocycles. The molecular formula is C17H14N2O3. The highest BCUT2D eigenvalue weighted by Gasteiger charge is 2.60. The Bertz CT molecular complexity index is 817.